The van der Waals surface area contributed by atoms with Gasteiger partial charge in [-0.3, -0.25) is 14.4 Å². The highest BCUT2D eigenvalue weighted by molar-refractivity contribution is 5.98. The summed E-state index contributed by atoms with van der Waals surface area (Å²) in [6.45, 7) is 4.60. The van der Waals surface area contributed by atoms with Crippen LogP contribution in [0.1, 0.15) is 61.4 Å². The van der Waals surface area contributed by atoms with Crippen molar-refractivity contribution in [1.29, 1.82) is 0 Å². The maximum Gasteiger partial charge on any atom is 0.223 e. The van der Waals surface area contributed by atoms with E-state index >= 15 is 0 Å². The number of likely N-dealkylation sites (tertiary alicyclic amines) is 1. The van der Waals surface area contributed by atoms with Crippen LogP contribution in [0.25, 0.3) is 0 Å². The third kappa shape index (κ3) is 6.96. The number of aryl methyl sites for hydroxylation is 1. The number of amides is 2. The lowest BCUT2D eigenvalue weighted by Gasteiger charge is -2.32. The predicted octanol–water partition coefficient (Wildman–Crippen LogP) is 2.43. The fourth-order valence-electron chi connectivity index (χ4n) is 3.12. The average molecular weight is 372 g/mol. The van der Waals surface area contributed by atoms with E-state index in [2.05, 4.69) is 5.32 Å². The number of nitrogens with one attached hydrogen (secondary N) is 1. The minimum atomic E-state index is -0.112. The second kappa shape index (κ2) is 10.00. The monoisotopic (exact) mass is 372 g/mol. The molecule has 1 aromatic carbocycles. The normalized spacial score (nSPS) is 14.7. The molecule has 6 heteroatoms. The zero-order valence-electron chi connectivity index (χ0n) is 16.1. The predicted molar refractivity (Wildman–Crippen MR) is 102 cm³/mol. The van der Waals surface area contributed by atoms with Crippen LogP contribution in [-0.4, -0.2) is 47.4 Å². The van der Waals surface area contributed by atoms with Gasteiger partial charge in [-0.05, 0) is 26.7 Å². The zero-order chi connectivity index (χ0) is 19.8. The summed E-state index contributed by atoms with van der Waals surface area (Å²) in [5, 5.41) is 2.93. The van der Waals surface area contributed by atoms with Gasteiger partial charge in [0.2, 0.25) is 11.8 Å². The molecule has 1 saturated heterocycles. The first-order chi connectivity index (χ1) is 12.8. The van der Waals surface area contributed by atoms with Gasteiger partial charge in [-0.25, -0.2) is 0 Å². The summed E-state index contributed by atoms with van der Waals surface area (Å²) in [7, 11) is 0. The largest absolute Gasteiger partial charge is 0.353 e. The van der Waals surface area contributed by atoms with E-state index in [1.165, 1.54) is 6.92 Å². The number of ketones is 2. The first kappa shape index (κ1) is 20.8. The molecule has 1 aliphatic rings. The summed E-state index contributed by atoms with van der Waals surface area (Å²) < 4.78 is 0. The zero-order valence-corrected chi connectivity index (χ0v) is 16.1. The molecule has 1 N–H and O–H groups in total. The first-order valence-corrected chi connectivity index (χ1v) is 9.51. The van der Waals surface area contributed by atoms with Crippen LogP contribution in [0.5, 0.6) is 0 Å². The second-order valence-corrected chi connectivity index (χ2v) is 7.21. The van der Waals surface area contributed by atoms with Crippen molar-refractivity contribution in [1.82, 2.24) is 10.2 Å². The van der Waals surface area contributed by atoms with Crippen LogP contribution >= 0.6 is 0 Å². The number of hydrogen-bond acceptors (Lipinski definition) is 4. The van der Waals surface area contributed by atoms with Crippen molar-refractivity contribution in [3.8, 4) is 0 Å². The summed E-state index contributed by atoms with van der Waals surface area (Å²) >= 11 is 0. The van der Waals surface area contributed by atoms with Gasteiger partial charge in [0.25, 0.3) is 0 Å². The average Bonchev–Trinajstić information content (AvgIpc) is 2.65. The summed E-state index contributed by atoms with van der Waals surface area (Å²) in [6.07, 6.45) is 2.30. The van der Waals surface area contributed by atoms with Crippen molar-refractivity contribution in [3.05, 3.63) is 35.4 Å². The highest BCUT2D eigenvalue weighted by Crippen LogP contribution is 2.14. The molecular formula is C21H28N2O4. The van der Waals surface area contributed by atoms with Crippen LogP contribution in [0.15, 0.2) is 24.3 Å². The summed E-state index contributed by atoms with van der Waals surface area (Å²) in [6, 6.07) is 7.42. The van der Waals surface area contributed by atoms with Crippen molar-refractivity contribution in [3.63, 3.8) is 0 Å². The Bertz CT molecular complexity index is 689. The van der Waals surface area contributed by atoms with Crippen molar-refractivity contribution in [2.75, 3.05) is 13.1 Å². The number of carbonyl (C=O) groups is 4. The van der Waals surface area contributed by atoms with E-state index in [0.29, 0.717) is 31.5 Å². The van der Waals surface area contributed by atoms with Gasteiger partial charge in [0, 0.05) is 50.4 Å². The Morgan fingerprint density at radius 2 is 1.59 bits per heavy atom. The quantitative estimate of drug-likeness (QED) is 0.711. The second-order valence-electron chi connectivity index (χ2n) is 7.21. The molecule has 2 amide bonds. The van der Waals surface area contributed by atoms with Crippen LogP contribution in [0.2, 0.25) is 0 Å². The molecule has 1 heterocycles. The standard InChI is InChI=1S/C21H28N2O4/c1-15-3-6-17(7-4-15)19(25)8-10-21(27)23-13-11-18(12-14-23)22-20(26)9-5-16(2)24/h3-4,6-7,18H,5,8-14H2,1-2H3,(H,22,26). The van der Waals surface area contributed by atoms with Crippen molar-refractivity contribution >= 4 is 23.4 Å². The van der Waals surface area contributed by atoms with Crippen molar-refractivity contribution in [2.24, 2.45) is 0 Å². The molecule has 0 unspecified atom stereocenters. The Kier molecular flexibility index (Phi) is 7.70. The number of piperidine rings is 1. The van der Waals surface area contributed by atoms with Crippen LogP contribution in [0.3, 0.4) is 0 Å². The minimum absolute atomic E-state index is 0.00532. The number of benzene rings is 1. The van der Waals surface area contributed by atoms with Crippen molar-refractivity contribution in [2.45, 2.75) is 58.4 Å². The van der Waals surface area contributed by atoms with Crippen molar-refractivity contribution < 1.29 is 19.2 Å². The Hall–Kier alpha value is -2.50. The molecule has 0 radical (unpaired) electrons. The lowest BCUT2D eigenvalue weighted by Crippen LogP contribution is -2.46. The molecule has 0 aliphatic carbocycles. The Balaban J connectivity index is 1.70. The molecule has 0 spiro atoms. The maximum atomic E-state index is 12.3. The minimum Gasteiger partial charge on any atom is -0.353 e. The van der Waals surface area contributed by atoms with Crippen LogP contribution in [0, 0.1) is 6.92 Å². The summed E-state index contributed by atoms with van der Waals surface area (Å²) in [4.78, 5) is 49.0. The fourth-order valence-corrected chi connectivity index (χ4v) is 3.12. The highest BCUT2D eigenvalue weighted by atomic mass is 16.2. The topological polar surface area (TPSA) is 83.6 Å². The summed E-state index contributed by atoms with van der Waals surface area (Å²) in [5.74, 6) is -0.141. The van der Waals surface area contributed by atoms with Gasteiger partial charge >= 0.3 is 0 Å². The van der Waals surface area contributed by atoms with Crippen LogP contribution in [-0.2, 0) is 14.4 Å². The molecule has 0 bridgehead atoms. The van der Waals surface area contributed by atoms with Gasteiger partial charge in [-0.15, -0.1) is 0 Å². The number of Topliss-reactive ketones (excluding diaryl/α,β-unsaturated/α-hetero) is 2. The SMILES string of the molecule is CC(=O)CCC(=O)NC1CCN(C(=O)CCC(=O)c2ccc(C)cc2)CC1. The molecule has 6 nitrogen and oxygen atoms in total. The number of hydrogen-bond donors (Lipinski definition) is 1. The number of carbonyl (C=O) groups excluding carboxylic acids is 4. The molecule has 1 aromatic rings. The third-order valence-corrected chi connectivity index (χ3v) is 4.86. The van der Waals surface area contributed by atoms with E-state index in [1.807, 2.05) is 19.1 Å². The Labute approximate surface area is 160 Å². The van der Waals surface area contributed by atoms with Crippen LogP contribution in [0.4, 0.5) is 0 Å². The molecule has 0 saturated carbocycles. The molecule has 0 atom stereocenters. The summed E-state index contributed by atoms with van der Waals surface area (Å²) in [5.41, 5.74) is 1.74. The van der Waals surface area contributed by atoms with Gasteiger partial charge in [0.05, 0.1) is 0 Å². The van der Waals surface area contributed by atoms with E-state index in [-0.39, 0.29) is 55.1 Å². The maximum absolute atomic E-state index is 12.3. The van der Waals surface area contributed by atoms with E-state index in [0.717, 1.165) is 5.56 Å². The van der Waals surface area contributed by atoms with Gasteiger partial charge < -0.3 is 15.0 Å². The molecule has 1 fully saturated rings. The third-order valence-electron chi connectivity index (χ3n) is 4.86. The van der Waals surface area contributed by atoms with E-state index in [1.54, 1.807) is 17.0 Å². The number of rotatable bonds is 8. The molecule has 2 rings (SSSR count). The first-order valence-electron chi connectivity index (χ1n) is 9.51. The highest BCUT2D eigenvalue weighted by Gasteiger charge is 2.24. The van der Waals surface area contributed by atoms with Gasteiger partial charge in [0.1, 0.15) is 5.78 Å². The molecular weight excluding hydrogens is 344 g/mol. The number of nitrogens with zero attached hydrogens (tertiary/aromatic N) is 1. The molecule has 0 aromatic heterocycles. The lowest BCUT2D eigenvalue weighted by molar-refractivity contribution is -0.132. The van der Waals surface area contributed by atoms with Gasteiger partial charge in [-0.1, -0.05) is 29.8 Å². The fraction of sp³-hybridized carbons (Fsp3) is 0.524. The smallest absolute Gasteiger partial charge is 0.223 e. The molecule has 146 valence electrons. The van der Waals surface area contributed by atoms with E-state index in [9.17, 15) is 19.2 Å². The Morgan fingerprint density at radius 3 is 2.19 bits per heavy atom. The lowest BCUT2D eigenvalue weighted by atomic mass is 10.0. The molecule has 27 heavy (non-hydrogen) atoms. The van der Waals surface area contributed by atoms with Crippen LogP contribution < -0.4 is 5.32 Å². The van der Waals surface area contributed by atoms with Gasteiger partial charge in [0.15, 0.2) is 5.78 Å². The Morgan fingerprint density at radius 1 is 0.963 bits per heavy atom. The van der Waals surface area contributed by atoms with E-state index < -0.39 is 0 Å². The van der Waals surface area contributed by atoms with E-state index in [4.69, 9.17) is 0 Å². The van der Waals surface area contributed by atoms with Gasteiger partial charge in [-0.2, -0.15) is 0 Å². The molecule has 1 aliphatic heterocycles.